The summed E-state index contributed by atoms with van der Waals surface area (Å²) >= 11 is 7.30. The summed E-state index contributed by atoms with van der Waals surface area (Å²) < 4.78 is 25.3. The predicted octanol–water partition coefficient (Wildman–Crippen LogP) is 2.94. The van der Waals surface area contributed by atoms with Crippen LogP contribution in [-0.2, 0) is 16.9 Å². The maximum absolute atomic E-state index is 11.7. The van der Waals surface area contributed by atoms with Gasteiger partial charge >= 0.3 is 0 Å². The Labute approximate surface area is 165 Å². The van der Waals surface area contributed by atoms with Crippen molar-refractivity contribution >= 4 is 44.1 Å². The van der Waals surface area contributed by atoms with Crippen LogP contribution in [0.4, 0.5) is 0 Å². The van der Waals surface area contributed by atoms with Gasteiger partial charge in [0.15, 0.2) is 15.0 Å². The fourth-order valence-corrected chi connectivity index (χ4v) is 5.91. The Morgan fingerprint density at radius 1 is 1.33 bits per heavy atom. The number of pyridine rings is 1. The Morgan fingerprint density at radius 2 is 2.15 bits per heavy atom. The number of sulfone groups is 1. The van der Waals surface area contributed by atoms with Crippen molar-refractivity contribution in [3.63, 3.8) is 0 Å². The summed E-state index contributed by atoms with van der Waals surface area (Å²) in [7, 11) is -1.18. The zero-order valence-electron chi connectivity index (χ0n) is 14.3. The van der Waals surface area contributed by atoms with E-state index in [1.165, 1.54) is 11.8 Å². The van der Waals surface area contributed by atoms with Crippen molar-refractivity contribution in [3.05, 3.63) is 40.7 Å². The molecule has 3 heterocycles. The summed E-state index contributed by atoms with van der Waals surface area (Å²) in [6.45, 7) is 0. The van der Waals surface area contributed by atoms with Crippen LogP contribution in [0, 0.1) is 11.3 Å². The van der Waals surface area contributed by atoms with Crippen LogP contribution in [0.3, 0.4) is 0 Å². The van der Waals surface area contributed by atoms with Gasteiger partial charge in [-0.2, -0.15) is 5.26 Å². The normalized spacial score (nSPS) is 18.6. The highest BCUT2D eigenvalue weighted by Crippen LogP contribution is 2.33. The van der Waals surface area contributed by atoms with Gasteiger partial charge in [-0.05, 0) is 42.4 Å². The van der Waals surface area contributed by atoms with Gasteiger partial charge in [-0.1, -0.05) is 11.6 Å². The smallest absolute Gasteiger partial charge is 0.197 e. The van der Waals surface area contributed by atoms with E-state index in [2.05, 4.69) is 21.3 Å². The van der Waals surface area contributed by atoms with E-state index in [0.29, 0.717) is 43.9 Å². The lowest BCUT2D eigenvalue weighted by atomic mass is 10.1. The molecule has 2 aromatic heterocycles. The van der Waals surface area contributed by atoms with E-state index in [4.69, 9.17) is 11.6 Å². The van der Waals surface area contributed by atoms with Crippen molar-refractivity contribution in [2.75, 3.05) is 11.5 Å². The molecule has 7 nitrogen and oxygen atoms in total. The monoisotopic (exact) mass is 419 g/mol. The maximum Gasteiger partial charge on any atom is 0.197 e. The van der Waals surface area contributed by atoms with Crippen LogP contribution in [0.5, 0.6) is 0 Å². The topological polar surface area (TPSA) is 102 Å². The molecule has 4 rings (SSSR count). The summed E-state index contributed by atoms with van der Waals surface area (Å²) in [4.78, 5) is 4.57. The fourth-order valence-electron chi connectivity index (χ4n) is 3.18. The molecule has 0 bridgehead atoms. The Bertz CT molecular complexity index is 1200. The largest absolute Gasteiger partial charge is 0.309 e. The first kappa shape index (κ1) is 18.2. The average Bonchev–Trinajstić information content (AvgIpc) is 3.17. The molecular formula is C17H14ClN5O2S2. The van der Waals surface area contributed by atoms with Crippen molar-refractivity contribution in [1.82, 2.24) is 19.7 Å². The molecule has 1 aromatic carbocycles. The number of halogens is 1. The second-order valence-corrected chi connectivity index (χ2v) is 10.0. The molecule has 3 aromatic rings. The van der Waals surface area contributed by atoms with Crippen LogP contribution in [0.2, 0.25) is 5.02 Å². The van der Waals surface area contributed by atoms with E-state index < -0.39 is 9.84 Å². The standard InChI is InChI=1S/C17H14ClN5O2S2/c1-23-16(10-4-5-27(24,25)9-10)21-22-17(23)26-15-6-11(8-19)13-7-12(18)2-3-14(13)20-15/h2-3,6-7,10H,4-5,9H2,1H3. The van der Waals surface area contributed by atoms with Crippen LogP contribution in [0.25, 0.3) is 10.9 Å². The lowest BCUT2D eigenvalue weighted by molar-refractivity contribution is 0.599. The minimum Gasteiger partial charge on any atom is -0.309 e. The Kier molecular flexibility index (Phi) is 4.58. The molecule has 0 N–H and O–H groups in total. The van der Waals surface area contributed by atoms with Gasteiger partial charge in [0, 0.05) is 23.4 Å². The van der Waals surface area contributed by atoms with E-state index in [1.54, 1.807) is 28.8 Å². The minimum atomic E-state index is -2.99. The first-order chi connectivity index (χ1) is 12.9. The second-order valence-electron chi connectivity index (χ2n) is 6.38. The first-order valence-electron chi connectivity index (χ1n) is 8.14. The van der Waals surface area contributed by atoms with Gasteiger partial charge in [0.2, 0.25) is 0 Å². The Morgan fingerprint density at radius 3 is 2.85 bits per heavy atom. The molecule has 27 heavy (non-hydrogen) atoms. The molecule has 0 aliphatic carbocycles. The molecule has 10 heteroatoms. The van der Waals surface area contributed by atoms with Crippen molar-refractivity contribution in [2.45, 2.75) is 22.5 Å². The number of nitrogens with zero attached hydrogens (tertiary/aromatic N) is 5. The molecule has 1 unspecified atom stereocenters. The summed E-state index contributed by atoms with van der Waals surface area (Å²) in [6, 6.07) is 9.09. The van der Waals surface area contributed by atoms with Crippen LogP contribution >= 0.6 is 23.4 Å². The van der Waals surface area contributed by atoms with Gasteiger partial charge < -0.3 is 4.57 Å². The van der Waals surface area contributed by atoms with Crippen molar-refractivity contribution in [2.24, 2.45) is 7.05 Å². The molecule has 138 valence electrons. The summed E-state index contributed by atoms with van der Waals surface area (Å²) in [5.74, 6) is 0.819. The van der Waals surface area contributed by atoms with E-state index in [9.17, 15) is 13.7 Å². The van der Waals surface area contributed by atoms with Gasteiger partial charge in [0.05, 0.1) is 28.7 Å². The van der Waals surface area contributed by atoms with Gasteiger partial charge in [-0.15, -0.1) is 10.2 Å². The van der Waals surface area contributed by atoms with Crippen LogP contribution in [-0.4, -0.2) is 39.7 Å². The van der Waals surface area contributed by atoms with E-state index in [-0.39, 0.29) is 17.4 Å². The Hall–Kier alpha value is -2.15. The van der Waals surface area contributed by atoms with E-state index in [0.717, 1.165) is 0 Å². The molecule has 0 radical (unpaired) electrons. The minimum absolute atomic E-state index is 0.108. The highest BCUT2D eigenvalue weighted by atomic mass is 35.5. The zero-order valence-corrected chi connectivity index (χ0v) is 16.6. The van der Waals surface area contributed by atoms with Crippen molar-refractivity contribution < 1.29 is 8.42 Å². The number of hydrogen-bond acceptors (Lipinski definition) is 7. The van der Waals surface area contributed by atoms with Crippen molar-refractivity contribution in [1.29, 1.82) is 5.26 Å². The summed E-state index contributed by atoms with van der Waals surface area (Å²) in [5, 5.41) is 20.3. The van der Waals surface area contributed by atoms with Crippen LogP contribution in [0.15, 0.2) is 34.4 Å². The third kappa shape index (κ3) is 3.52. The number of fused-ring (bicyclic) bond motifs is 1. The Balaban J connectivity index is 1.67. The SMILES string of the molecule is Cn1c(Sc2cc(C#N)c3cc(Cl)ccc3n2)nnc1C1CCS(=O)(=O)C1. The highest BCUT2D eigenvalue weighted by molar-refractivity contribution is 7.99. The van der Waals surface area contributed by atoms with Gasteiger partial charge in [0.1, 0.15) is 10.9 Å². The van der Waals surface area contributed by atoms with Crippen LogP contribution < -0.4 is 0 Å². The molecule has 0 saturated carbocycles. The van der Waals surface area contributed by atoms with E-state index >= 15 is 0 Å². The predicted molar refractivity (Wildman–Crippen MR) is 103 cm³/mol. The molecule has 1 saturated heterocycles. The zero-order chi connectivity index (χ0) is 19.2. The van der Waals surface area contributed by atoms with E-state index in [1.807, 2.05) is 7.05 Å². The highest BCUT2D eigenvalue weighted by Gasteiger charge is 2.32. The first-order valence-corrected chi connectivity index (χ1v) is 11.2. The van der Waals surface area contributed by atoms with Gasteiger partial charge in [0.25, 0.3) is 0 Å². The van der Waals surface area contributed by atoms with Crippen molar-refractivity contribution in [3.8, 4) is 6.07 Å². The summed E-state index contributed by atoms with van der Waals surface area (Å²) in [6.07, 6.45) is 0.562. The number of aromatic nitrogens is 4. The number of benzene rings is 1. The molecular weight excluding hydrogens is 406 g/mol. The number of nitriles is 1. The molecule has 1 aliphatic rings. The molecule has 1 fully saturated rings. The molecule has 1 aliphatic heterocycles. The number of hydrogen-bond donors (Lipinski definition) is 0. The summed E-state index contributed by atoms with van der Waals surface area (Å²) in [5.41, 5.74) is 1.15. The molecule has 1 atom stereocenters. The lowest BCUT2D eigenvalue weighted by Gasteiger charge is -2.08. The maximum atomic E-state index is 11.7. The van der Waals surface area contributed by atoms with Crippen LogP contribution in [0.1, 0.15) is 23.7 Å². The molecule has 0 amide bonds. The fraction of sp³-hybridized carbons (Fsp3) is 0.294. The quantitative estimate of drug-likeness (QED) is 0.643. The average molecular weight is 420 g/mol. The third-order valence-corrected chi connectivity index (χ3v) is 7.49. The number of rotatable bonds is 3. The second kappa shape index (κ2) is 6.78. The van der Waals surface area contributed by atoms with Gasteiger partial charge in [-0.25, -0.2) is 13.4 Å². The third-order valence-electron chi connectivity index (χ3n) is 4.53. The molecule has 0 spiro atoms. The lowest BCUT2D eigenvalue weighted by Crippen LogP contribution is -2.09. The van der Waals surface area contributed by atoms with Gasteiger partial charge in [-0.3, -0.25) is 0 Å².